The van der Waals surface area contributed by atoms with E-state index in [4.69, 9.17) is 4.74 Å². The molecule has 6 heteroatoms. The quantitative estimate of drug-likeness (QED) is 0.833. The van der Waals surface area contributed by atoms with E-state index in [9.17, 15) is 9.59 Å². The molecule has 2 amide bonds. The zero-order valence-electron chi connectivity index (χ0n) is 12.3. The number of ether oxygens (including phenoxy) is 1. The molecule has 2 rings (SSSR count). The van der Waals surface area contributed by atoms with Gasteiger partial charge in [-0.05, 0) is 40.9 Å². The van der Waals surface area contributed by atoms with E-state index in [1.54, 1.807) is 0 Å². The average Bonchev–Trinajstić information content (AvgIpc) is 2.53. The Labute approximate surface area is 138 Å². The summed E-state index contributed by atoms with van der Waals surface area (Å²) >= 11 is 3.40. The van der Waals surface area contributed by atoms with Gasteiger partial charge in [-0.15, -0.1) is 0 Å². The molecule has 0 unspecified atom stereocenters. The Morgan fingerprint density at radius 1 is 1.36 bits per heavy atom. The van der Waals surface area contributed by atoms with Gasteiger partial charge >= 0.3 is 6.09 Å². The summed E-state index contributed by atoms with van der Waals surface area (Å²) in [6.45, 7) is 4.93. The molecule has 118 valence electrons. The number of carbonyl (C=O) groups excluding carboxylic acids is 2. The molecule has 1 aliphatic rings. The third-order valence-corrected chi connectivity index (χ3v) is 4.23. The number of hydrogen-bond acceptors (Lipinski definition) is 3. The lowest BCUT2D eigenvalue weighted by Gasteiger charge is -2.32. The van der Waals surface area contributed by atoms with Crippen LogP contribution in [-0.4, -0.2) is 42.6 Å². The van der Waals surface area contributed by atoms with Crippen LogP contribution >= 0.6 is 15.9 Å². The van der Waals surface area contributed by atoms with Crippen LogP contribution in [0.2, 0.25) is 0 Å². The van der Waals surface area contributed by atoms with Crippen LogP contribution in [0.3, 0.4) is 0 Å². The van der Waals surface area contributed by atoms with Gasteiger partial charge < -0.3 is 15.0 Å². The van der Waals surface area contributed by atoms with Crippen molar-refractivity contribution in [1.82, 2.24) is 10.2 Å². The van der Waals surface area contributed by atoms with Gasteiger partial charge in [0.05, 0.1) is 5.56 Å². The van der Waals surface area contributed by atoms with Crippen LogP contribution in [0.1, 0.15) is 23.2 Å². The van der Waals surface area contributed by atoms with Gasteiger partial charge in [0, 0.05) is 23.6 Å². The fraction of sp³-hybridized carbons (Fsp3) is 0.375. The van der Waals surface area contributed by atoms with Gasteiger partial charge in [0.25, 0.3) is 5.91 Å². The van der Waals surface area contributed by atoms with E-state index in [0.717, 1.165) is 17.3 Å². The molecule has 0 bridgehead atoms. The van der Waals surface area contributed by atoms with Crippen molar-refractivity contribution in [3.05, 3.63) is 47.0 Å². The van der Waals surface area contributed by atoms with Crippen molar-refractivity contribution in [2.75, 3.05) is 19.7 Å². The maximum Gasteiger partial charge on any atom is 0.407 e. The molecule has 22 heavy (non-hydrogen) atoms. The lowest BCUT2D eigenvalue weighted by atomic mass is 10.0. The maximum absolute atomic E-state index is 12.5. The smallest absolute Gasteiger partial charge is 0.407 e. The van der Waals surface area contributed by atoms with Crippen LogP contribution < -0.4 is 5.32 Å². The number of carbonyl (C=O) groups is 2. The molecule has 1 aliphatic heterocycles. The third kappa shape index (κ3) is 4.34. The summed E-state index contributed by atoms with van der Waals surface area (Å²) in [5.74, 6) is 0.0140. The highest BCUT2D eigenvalue weighted by Crippen LogP contribution is 2.20. The zero-order valence-corrected chi connectivity index (χ0v) is 13.8. The second-order valence-electron chi connectivity index (χ2n) is 5.08. The van der Waals surface area contributed by atoms with Crippen LogP contribution in [0.15, 0.2) is 41.4 Å². The van der Waals surface area contributed by atoms with Gasteiger partial charge in [-0.2, -0.15) is 0 Å². The molecule has 1 saturated heterocycles. The Morgan fingerprint density at radius 2 is 2.05 bits per heavy atom. The van der Waals surface area contributed by atoms with E-state index < -0.39 is 6.09 Å². The molecule has 0 spiro atoms. The summed E-state index contributed by atoms with van der Waals surface area (Å²) in [4.78, 5) is 25.8. The summed E-state index contributed by atoms with van der Waals surface area (Å²) in [5, 5.41) is 2.81. The van der Waals surface area contributed by atoms with Gasteiger partial charge in [-0.1, -0.05) is 24.8 Å². The van der Waals surface area contributed by atoms with Crippen molar-refractivity contribution in [1.29, 1.82) is 0 Å². The highest BCUT2D eigenvalue weighted by atomic mass is 79.9. The first-order valence-electron chi connectivity index (χ1n) is 7.20. The number of likely N-dealkylation sites (tertiary alicyclic amines) is 1. The van der Waals surface area contributed by atoms with Crippen LogP contribution in [0.25, 0.3) is 0 Å². The first kappa shape index (κ1) is 16.5. The predicted octanol–water partition coefficient (Wildman–Crippen LogP) is 2.97. The van der Waals surface area contributed by atoms with E-state index >= 15 is 0 Å². The van der Waals surface area contributed by atoms with Crippen molar-refractivity contribution in [2.24, 2.45) is 0 Å². The number of nitrogens with zero attached hydrogens (tertiary/aromatic N) is 1. The monoisotopic (exact) mass is 366 g/mol. The fourth-order valence-corrected chi connectivity index (χ4v) is 2.83. The molecular formula is C16H19BrN2O3. The standard InChI is InChI=1S/C16H19BrN2O3/c1-2-11-22-16(21)18-12-7-9-19(10-8-12)15(20)13-5-3-4-6-14(13)17/h2-6,12H,1,7-11H2,(H,18,21). The minimum absolute atomic E-state index is 0.0140. The fourth-order valence-electron chi connectivity index (χ4n) is 2.37. The molecule has 1 heterocycles. The van der Waals surface area contributed by atoms with Crippen LogP contribution in [0.4, 0.5) is 4.79 Å². The van der Waals surface area contributed by atoms with Crippen molar-refractivity contribution >= 4 is 27.9 Å². The molecule has 0 saturated carbocycles. The Hall–Kier alpha value is -1.82. The first-order chi connectivity index (χ1) is 10.6. The van der Waals surface area contributed by atoms with E-state index in [1.165, 1.54) is 6.08 Å². The zero-order chi connectivity index (χ0) is 15.9. The number of benzene rings is 1. The summed E-state index contributed by atoms with van der Waals surface area (Å²) in [6, 6.07) is 7.44. The number of nitrogens with one attached hydrogen (secondary N) is 1. The summed E-state index contributed by atoms with van der Waals surface area (Å²) < 4.78 is 5.70. The lowest BCUT2D eigenvalue weighted by Crippen LogP contribution is -2.46. The number of halogens is 1. The normalized spacial score (nSPS) is 15.2. The highest BCUT2D eigenvalue weighted by Gasteiger charge is 2.25. The third-order valence-electron chi connectivity index (χ3n) is 3.54. The number of alkyl carbamates (subject to hydrolysis) is 1. The molecule has 0 radical (unpaired) electrons. The molecule has 0 aliphatic carbocycles. The molecule has 1 fully saturated rings. The van der Waals surface area contributed by atoms with Crippen LogP contribution in [-0.2, 0) is 4.74 Å². The Bertz CT molecular complexity index is 554. The topological polar surface area (TPSA) is 58.6 Å². The summed E-state index contributed by atoms with van der Waals surface area (Å²) in [6.07, 6.45) is 2.53. The van der Waals surface area contributed by atoms with Crippen molar-refractivity contribution in [3.63, 3.8) is 0 Å². The second-order valence-corrected chi connectivity index (χ2v) is 5.93. The SMILES string of the molecule is C=CCOC(=O)NC1CCN(C(=O)c2ccccc2Br)CC1. The lowest BCUT2D eigenvalue weighted by molar-refractivity contribution is 0.0702. The number of rotatable bonds is 4. The van der Waals surface area contributed by atoms with E-state index in [2.05, 4.69) is 27.8 Å². The van der Waals surface area contributed by atoms with Crippen LogP contribution in [0, 0.1) is 0 Å². The highest BCUT2D eigenvalue weighted by molar-refractivity contribution is 9.10. The minimum Gasteiger partial charge on any atom is -0.445 e. The number of amides is 2. The van der Waals surface area contributed by atoms with Crippen molar-refractivity contribution in [2.45, 2.75) is 18.9 Å². The Morgan fingerprint density at radius 3 is 2.68 bits per heavy atom. The number of hydrogen-bond donors (Lipinski definition) is 1. The molecule has 0 aromatic heterocycles. The van der Waals surface area contributed by atoms with Crippen LogP contribution in [0.5, 0.6) is 0 Å². The van der Waals surface area contributed by atoms with E-state index in [0.29, 0.717) is 18.7 Å². The van der Waals surface area contributed by atoms with Crippen molar-refractivity contribution < 1.29 is 14.3 Å². The summed E-state index contributed by atoms with van der Waals surface area (Å²) in [7, 11) is 0. The average molecular weight is 367 g/mol. The molecule has 5 nitrogen and oxygen atoms in total. The van der Waals surface area contributed by atoms with Crippen molar-refractivity contribution in [3.8, 4) is 0 Å². The largest absolute Gasteiger partial charge is 0.445 e. The van der Waals surface area contributed by atoms with E-state index in [1.807, 2.05) is 29.2 Å². The second kappa shape index (κ2) is 7.98. The van der Waals surface area contributed by atoms with Gasteiger partial charge in [-0.3, -0.25) is 4.79 Å². The van der Waals surface area contributed by atoms with Gasteiger partial charge in [0.1, 0.15) is 6.61 Å². The molecule has 1 aromatic rings. The molecule has 0 atom stereocenters. The van der Waals surface area contributed by atoms with Gasteiger partial charge in [0.15, 0.2) is 0 Å². The van der Waals surface area contributed by atoms with Gasteiger partial charge in [-0.25, -0.2) is 4.79 Å². The predicted molar refractivity (Wildman–Crippen MR) is 87.7 cm³/mol. The number of piperidine rings is 1. The Balaban J connectivity index is 1.84. The van der Waals surface area contributed by atoms with E-state index in [-0.39, 0.29) is 18.6 Å². The first-order valence-corrected chi connectivity index (χ1v) is 7.99. The summed E-state index contributed by atoms with van der Waals surface area (Å²) in [5.41, 5.74) is 0.666. The molecule has 1 N–H and O–H groups in total. The maximum atomic E-state index is 12.5. The molecular weight excluding hydrogens is 348 g/mol. The van der Waals surface area contributed by atoms with Gasteiger partial charge in [0.2, 0.25) is 0 Å². The minimum atomic E-state index is -0.435. The Kier molecular flexibility index (Phi) is 6.00. The molecule has 1 aromatic carbocycles.